The van der Waals surface area contributed by atoms with Crippen molar-refractivity contribution in [2.75, 3.05) is 7.05 Å². The van der Waals surface area contributed by atoms with E-state index in [-0.39, 0.29) is 0 Å². The molecule has 2 N–H and O–H groups in total. The summed E-state index contributed by atoms with van der Waals surface area (Å²) in [5, 5.41) is 10.7. The lowest BCUT2D eigenvalue weighted by molar-refractivity contribution is -0.138. The van der Waals surface area contributed by atoms with Gasteiger partial charge in [0.15, 0.2) is 0 Å². The molecule has 4 heteroatoms. The molecule has 4 nitrogen and oxygen atoms in total. The maximum atomic E-state index is 10.0. The normalized spacial score (nSPS) is 15.7. The van der Waals surface area contributed by atoms with Crippen LogP contribution in [0.25, 0.3) is 0 Å². The maximum absolute atomic E-state index is 10.0. The number of hydrogen-bond donors (Lipinski definition) is 2. The number of hydrogen-bond acceptors (Lipinski definition) is 3. The molecule has 1 aliphatic rings. The largest absolute Gasteiger partial charge is 0.480 e. The Hall–Kier alpha value is -1.42. The predicted octanol–water partition coefficient (Wildman–Crippen LogP) is 1.14. The molecule has 0 heterocycles. The molecule has 1 atom stereocenters. The summed E-state index contributed by atoms with van der Waals surface area (Å²) >= 11 is 0. The van der Waals surface area contributed by atoms with Gasteiger partial charge in [-0.25, -0.2) is 0 Å². The zero-order valence-electron chi connectivity index (χ0n) is 9.06. The van der Waals surface area contributed by atoms with Gasteiger partial charge in [-0.2, -0.15) is 0 Å². The Kier molecular flexibility index (Phi) is 7.18. The summed E-state index contributed by atoms with van der Waals surface area (Å²) in [5.74, 6) is -0.817. The lowest BCUT2D eigenvalue weighted by Gasteiger charge is -1.99. The minimum absolute atomic E-state index is 0.431. The minimum Gasteiger partial charge on any atom is -0.480 e. The van der Waals surface area contributed by atoms with Gasteiger partial charge in [0.2, 0.25) is 0 Å². The quantitative estimate of drug-likeness (QED) is 0.687. The van der Waals surface area contributed by atoms with Gasteiger partial charge in [-0.05, 0) is 26.8 Å². The summed E-state index contributed by atoms with van der Waals surface area (Å²) in [6.07, 6.45) is 8.81. The van der Waals surface area contributed by atoms with Crippen LogP contribution in [-0.4, -0.2) is 30.5 Å². The van der Waals surface area contributed by atoms with Gasteiger partial charge in [0, 0.05) is 5.57 Å². The van der Waals surface area contributed by atoms with E-state index in [2.05, 4.69) is 5.32 Å². The van der Waals surface area contributed by atoms with Crippen LogP contribution in [0.1, 0.15) is 19.8 Å². The second-order valence-corrected chi connectivity index (χ2v) is 3.15. The molecule has 0 radical (unpaired) electrons. The van der Waals surface area contributed by atoms with Crippen molar-refractivity contribution in [2.45, 2.75) is 25.8 Å². The lowest BCUT2D eigenvalue weighted by Crippen LogP contribution is -2.29. The molecule has 0 bridgehead atoms. The molecule has 0 amide bonds. The summed E-state index contributed by atoms with van der Waals surface area (Å²) in [6.45, 7) is 1.59. The van der Waals surface area contributed by atoms with E-state index in [0.717, 1.165) is 24.7 Å². The Bertz CT molecular complexity index is 269. The van der Waals surface area contributed by atoms with Crippen LogP contribution in [0.15, 0.2) is 23.8 Å². The average Bonchev–Trinajstić information content (AvgIpc) is 2.29. The number of allylic oxidation sites excluding steroid dienone is 4. The van der Waals surface area contributed by atoms with Crippen LogP contribution in [0.5, 0.6) is 0 Å². The van der Waals surface area contributed by atoms with Crippen LogP contribution in [-0.2, 0) is 9.59 Å². The molecule has 1 aliphatic carbocycles. The first-order valence-electron chi connectivity index (χ1n) is 4.83. The van der Waals surface area contributed by atoms with Crippen molar-refractivity contribution in [2.24, 2.45) is 0 Å². The molecular formula is C11H17NO3. The van der Waals surface area contributed by atoms with E-state index in [0.29, 0.717) is 0 Å². The Balaban J connectivity index is 0.000000265. The van der Waals surface area contributed by atoms with Crippen LogP contribution in [0.3, 0.4) is 0 Å². The smallest absolute Gasteiger partial charge is 0.320 e. The fraction of sp³-hybridized carbons (Fsp3) is 0.455. The van der Waals surface area contributed by atoms with Gasteiger partial charge in [-0.15, -0.1) is 0 Å². The molecule has 15 heavy (non-hydrogen) atoms. The highest BCUT2D eigenvalue weighted by molar-refractivity contribution is 5.77. The monoisotopic (exact) mass is 211 g/mol. The number of aliphatic carboxylic acids is 1. The van der Waals surface area contributed by atoms with E-state index in [1.165, 1.54) is 0 Å². The Morgan fingerprint density at radius 1 is 1.60 bits per heavy atom. The third-order valence-corrected chi connectivity index (χ3v) is 1.96. The van der Waals surface area contributed by atoms with Gasteiger partial charge in [0.25, 0.3) is 0 Å². The molecular weight excluding hydrogens is 194 g/mol. The minimum atomic E-state index is -0.817. The van der Waals surface area contributed by atoms with Crippen LogP contribution < -0.4 is 5.32 Å². The second kappa shape index (κ2) is 7.94. The van der Waals surface area contributed by atoms with E-state index in [4.69, 9.17) is 5.11 Å². The van der Waals surface area contributed by atoms with Crippen molar-refractivity contribution in [3.8, 4) is 0 Å². The summed E-state index contributed by atoms with van der Waals surface area (Å²) in [4.78, 5) is 19.9. The fourth-order valence-electron chi connectivity index (χ4n) is 0.845. The van der Waals surface area contributed by atoms with E-state index in [1.54, 1.807) is 14.0 Å². The second-order valence-electron chi connectivity index (χ2n) is 3.15. The molecule has 0 fully saturated rings. The van der Waals surface area contributed by atoms with Crippen molar-refractivity contribution in [3.63, 3.8) is 0 Å². The number of nitrogens with one attached hydrogen (secondary N) is 1. The van der Waals surface area contributed by atoms with E-state index in [1.807, 2.05) is 18.2 Å². The number of carboxylic acid groups (broad SMARTS) is 1. The van der Waals surface area contributed by atoms with E-state index >= 15 is 0 Å². The van der Waals surface area contributed by atoms with E-state index < -0.39 is 12.0 Å². The van der Waals surface area contributed by atoms with Gasteiger partial charge in [-0.3, -0.25) is 9.59 Å². The topological polar surface area (TPSA) is 66.4 Å². The summed E-state index contributed by atoms with van der Waals surface area (Å²) in [5.41, 5.74) is 0.816. The Labute approximate surface area is 89.7 Å². The van der Waals surface area contributed by atoms with E-state index in [9.17, 15) is 9.59 Å². The van der Waals surface area contributed by atoms with Crippen molar-refractivity contribution in [3.05, 3.63) is 23.8 Å². The van der Waals surface area contributed by atoms with Gasteiger partial charge in [0.1, 0.15) is 12.3 Å². The summed E-state index contributed by atoms with van der Waals surface area (Å²) in [6, 6.07) is -0.431. The van der Waals surface area contributed by atoms with Crippen molar-refractivity contribution >= 4 is 12.3 Å². The van der Waals surface area contributed by atoms with Crippen molar-refractivity contribution < 1.29 is 14.7 Å². The molecule has 84 valence electrons. The molecule has 1 unspecified atom stereocenters. The molecule has 0 aliphatic heterocycles. The molecule has 0 saturated carbocycles. The number of aldehydes is 1. The van der Waals surface area contributed by atoms with Gasteiger partial charge in [0.05, 0.1) is 0 Å². The van der Waals surface area contributed by atoms with Crippen LogP contribution >= 0.6 is 0 Å². The van der Waals surface area contributed by atoms with Gasteiger partial charge < -0.3 is 10.4 Å². The van der Waals surface area contributed by atoms with Crippen LogP contribution in [0.4, 0.5) is 0 Å². The molecule has 1 rings (SSSR count). The number of rotatable bonds is 3. The Morgan fingerprint density at radius 2 is 2.27 bits per heavy atom. The lowest BCUT2D eigenvalue weighted by atomic mass is 10.1. The van der Waals surface area contributed by atoms with Crippen LogP contribution in [0.2, 0.25) is 0 Å². The number of carboxylic acids is 1. The molecule has 0 saturated heterocycles. The highest BCUT2D eigenvalue weighted by atomic mass is 16.4. The highest BCUT2D eigenvalue weighted by Crippen LogP contribution is 2.05. The zero-order valence-corrected chi connectivity index (χ0v) is 9.06. The molecule has 0 aromatic heterocycles. The first-order chi connectivity index (χ1) is 7.11. The third-order valence-electron chi connectivity index (χ3n) is 1.96. The fourth-order valence-corrected chi connectivity index (χ4v) is 0.845. The SMILES string of the molecule is CNC(C)C(=O)O.O=CC1=CCCC=C1. The molecule has 0 aromatic rings. The van der Waals surface area contributed by atoms with Crippen molar-refractivity contribution in [1.29, 1.82) is 0 Å². The zero-order chi connectivity index (χ0) is 11.7. The van der Waals surface area contributed by atoms with Gasteiger partial charge in [-0.1, -0.05) is 18.2 Å². The number of likely N-dealkylation sites (N-methyl/N-ethyl adjacent to an activating group) is 1. The summed E-state index contributed by atoms with van der Waals surface area (Å²) in [7, 11) is 1.61. The van der Waals surface area contributed by atoms with Gasteiger partial charge >= 0.3 is 5.97 Å². The molecule has 0 aromatic carbocycles. The van der Waals surface area contributed by atoms with Crippen LogP contribution in [0, 0.1) is 0 Å². The molecule has 0 spiro atoms. The highest BCUT2D eigenvalue weighted by Gasteiger charge is 2.04. The first-order valence-corrected chi connectivity index (χ1v) is 4.83. The first kappa shape index (κ1) is 13.6. The van der Waals surface area contributed by atoms with Crippen molar-refractivity contribution in [1.82, 2.24) is 5.32 Å². The Morgan fingerprint density at radius 3 is 2.47 bits per heavy atom. The average molecular weight is 211 g/mol. The maximum Gasteiger partial charge on any atom is 0.320 e. The standard InChI is InChI=1S/C7H8O.C4H9NO2/c8-6-7-4-2-1-3-5-7;1-3(5-2)4(6)7/h2,4-6H,1,3H2;3,5H,1-2H3,(H,6,7). The predicted molar refractivity (Wildman–Crippen MR) is 58.7 cm³/mol. The summed E-state index contributed by atoms with van der Waals surface area (Å²) < 4.78 is 0. The number of carbonyl (C=O) groups is 2. The third kappa shape index (κ3) is 6.62. The number of carbonyl (C=O) groups excluding carboxylic acids is 1.